The van der Waals surface area contributed by atoms with Gasteiger partial charge in [0.2, 0.25) is 5.91 Å². The molecule has 0 unspecified atom stereocenters. The molecular weight excluding hydrogens is 388 g/mol. The summed E-state index contributed by atoms with van der Waals surface area (Å²) in [5.41, 5.74) is 4.89. The van der Waals surface area contributed by atoms with E-state index in [2.05, 4.69) is 25.1 Å². The number of unbranched alkanes of at least 4 members (excludes halogenated alkanes) is 3. The first-order chi connectivity index (χ1) is 14.1. The fraction of sp³-hybridized carbons (Fsp3) is 0.364. The third kappa shape index (κ3) is 5.68. The topological polar surface area (TPSA) is 80.7 Å². The van der Waals surface area contributed by atoms with Crippen molar-refractivity contribution < 1.29 is 19.5 Å². The number of ether oxygens (including phenoxy) is 2. The zero-order chi connectivity index (χ0) is 20.6. The highest BCUT2D eigenvalue weighted by Crippen LogP contribution is 2.36. The molecular formula is C22H26N2O4S. The van der Waals surface area contributed by atoms with E-state index < -0.39 is 0 Å². The van der Waals surface area contributed by atoms with Gasteiger partial charge in [-0.15, -0.1) is 11.3 Å². The van der Waals surface area contributed by atoms with E-state index in [1.165, 1.54) is 10.3 Å². The molecule has 0 bridgehead atoms. The smallest absolute Gasteiger partial charge is 0.243 e. The van der Waals surface area contributed by atoms with Gasteiger partial charge in [-0.05, 0) is 55.7 Å². The Balaban J connectivity index is 1.60. The van der Waals surface area contributed by atoms with Gasteiger partial charge in [-0.1, -0.05) is 18.9 Å². The molecule has 0 saturated carbocycles. The predicted molar refractivity (Wildman–Crippen MR) is 115 cm³/mol. The van der Waals surface area contributed by atoms with Crippen molar-refractivity contribution in [2.75, 3.05) is 13.7 Å². The Morgan fingerprint density at radius 1 is 1.10 bits per heavy atom. The first-order valence-electron chi connectivity index (χ1n) is 9.72. The second-order valence-corrected chi connectivity index (χ2v) is 7.93. The van der Waals surface area contributed by atoms with Gasteiger partial charge in [0.25, 0.3) is 0 Å². The van der Waals surface area contributed by atoms with Crippen molar-refractivity contribution in [2.45, 2.75) is 39.0 Å². The van der Waals surface area contributed by atoms with Crippen molar-refractivity contribution in [1.29, 1.82) is 0 Å². The molecule has 0 radical (unpaired) electrons. The summed E-state index contributed by atoms with van der Waals surface area (Å²) in [6.07, 6.45) is 3.85. The minimum Gasteiger partial charge on any atom is -0.493 e. The lowest BCUT2D eigenvalue weighted by Gasteiger charge is -2.11. The van der Waals surface area contributed by atoms with Crippen LogP contribution in [0, 0.1) is 6.92 Å². The lowest BCUT2D eigenvalue weighted by molar-refractivity contribution is -0.129. The fourth-order valence-electron chi connectivity index (χ4n) is 3.06. The van der Waals surface area contributed by atoms with Gasteiger partial charge in [0, 0.05) is 12.0 Å². The molecule has 0 aliphatic heterocycles. The third-order valence-electron chi connectivity index (χ3n) is 4.63. The second kappa shape index (κ2) is 10.2. The second-order valence-electron chi connectivity index (χ2n) is 6.90. The first kappa shape index (κ1) is 21.1. The monoisotopic (exact) mass is 414 g/mol. The van der Waals surface area contributed by atoms with Crippen LogP contribution in [0.3, 0.4) is 0 Å². The normalized spacial score (nSPS) is 10.9. The number of hydrogen-bond acceptors (Lipinski definition) is 6. The van der Waals surface area contributed by atoms with E-state index in [4.69, 9.17) is 19.7 Å². The number of aromatic nitrogens is 1. The molecule has 0 aliphatic rings. The van der Waals surface area contributed by atoms with Crippen LogP contribution in [0.25, 0.3) is 20.8 Å². The van der Waals surface area contributed by atoms with E-state index in [9.17, 15) is 4.79 Å². The van der Waals surface area contributed by atoms with Crippen LogP contribution in [-0.4, -0.2) is 29.8 Å². The van der Waals surface area contributed by atoms with Gasteiger partial charge >= 0.3 is 0 Å². The number of thiazole rings is 1. The molecule has 29 heavy (non-hydrogen) atoms. The summed E-state index contributed by atoms with van der Waals surface area (Å²) in [5.74, 6) is 1.07. The lowest BCUT2D eigenvalue weighted by Crippen LogP contribution is -2.17. The quantitative estimate of drug-likeness (QED) is 0.274. The maximum Gasteiger partial charge on any atom is 0.243 e. The van der Waals surface area contributed by atoms with Gasteiger partial charge in [-0.2, -0.15) is 0 Å². The summed E-state index contributed by atoms with van der Waals surface area (Å²) in [7, 11) is 1.63. The molecule has 1 amide bonds. The Bertz CT molecular complexity index is 971. The Morgan fingerprint density at radius 2 is 1.93 bits per heavy atom. The van der Waals surface area contributed by atoms with Gasteiger partial charge in [-0.25, -0.2) is 10.5 Å². The summed E-state index contributed by atoms with van der Waals surface area (Å²) < 4.78 is 12.6. The highest BCUT2D eigenvalue weighted by molar-refractivity contribution is 7.21. The van der Waals surface area contributed by atoms with E-state index in [1.54, 1.807) is 23.9 Å². The standard InChI is InChI=1S/C22H26N2O4S/c1-15-8-10-17-20(13-15)29-22(23-17)16-9-11-18(27-2)19(14-16)28-12-6-4-3-5-7-21(25)24-26/h8-11,13-14,26H,3-7,12H2,1-2H3,(H,24,25). The highest BCUT2D eigenvalue weighted by atomic mass is 32.1. The van der Waals surface area contributed by atoms with Crippen molar-refractivity contribution in [2.24, 2.45) is 0 Å². The van der Waals surface area contributed by atoms with Crippen LogP contribution in [0.4, 0.5) is 0 Å². The van der Waals surface area contributed by atoms with Crippen molar-refractivity contribution in [3.05, 3.63) is 42.0 Å². The Morgan fingerprint density at radius 3 is 2.72 bits per heavy atom. The third-order valence-corrected chi connectivity index (χ3v) is 5.70. The molecule has 7 heteroatoms. The van der Waals surface area contributed by atoms with Crippen molar-refractivity contribution in [3.8, 4) is 22.1 Å². The molecule has 0 atom stereocenters. The molecule has 1 heterocycles. The Labute approximate surface area is 174 Å². The largest absolute Gasteiger partial charge is 0.493 e. The number of nitrogens with one attached hydrogen (secondary N) is 1. The summed E-state index contributed by atoms with van der Waals surface area (Å²) in [6, 6.07) is 12.2. The molecule has 1 aromatic heterocycles. The Hall–Kier alpha value is -2.64. The molecule has 3 aromatic rings. The van der Waals surface area contributed by atoms with E-state index in [0.29, 0.717) is 24.5 Å². The van der Waals surface area contributed by atoms with Crippen molar-refractivity contribution in [3.63, 3.8) is 0 Å². The summed E-state index contributed by atoms with van der Waals surface area (Å²) in [5, 5.41) is 9.43. The van der Waals surface area contributed by atoms with Gasteiger partial charge < -0.3 is 9.47 Å². The number of benzene rings is 2. The number of rotatable bonds is 10. The molecule has 0 saturated heterocycles. The van der Waals surface area contributed by atoms with Crippen LogP contribution >= 0.6 is 11.3 Å². The first-order valence-corrected chi connectivity index (χ1v) is 10.5. The number of carbonyl (C=O) groups excluding carboxylic acids is 1. The molecule has 3 rings (SSSR count). The molecule has 0 spiro atoms. The molecule has 0 fully saturated rings. The van der Waals surface area contributed by atoms with E-state index in [0.717, 1.165) is 41.8 Å². The maximum atomic E-state index is 11.0. The van der Waals surface area contributed by atoms with Crippen LogP contribution in [0.2, 0.25) is 0 Å². The van der Waals surface area contributed by atoms with Crippen molar-refractivity contribution >= 4 is 27.5 Å². The van der Waals surface area contributed by atoms with Gasteiger partial charge in [-0.3, -0.25) is 10.0 Å². The number of aryl methyl sites for hydroxylation is 1. The summed E-state index contributed by atoms with van der Waals surface area (Å²) in [6.45, 7) is 2.66. The number of methoxy groups -OCH3 is 1. The number of amides is 1. The predicted octanol–water partition coefficient (Wildman–Crippen LogP) is 5.12. The number of hydrogen-bond donors (Lipinski definition) is 2. The van der Waals surface area contributed by atoms with E-state index >= 15 is 0 Å². The summed E-state index contributed by atoms with van der Waals surface area (Å²) in [4.78, 5) is 15.7. The number of carbonyl (C=O) groups is 1. The van der Waals surface area contributed by atoms with Crippen LogP contribution in [0.15, 0.2) is 36.4 Å². The number of fused-ring (bicyclic) bond motifs is 1. The number of hydroxylamine groups is 1. The molecule has 6 nitrogen and oxygen atoms in total. The van der Waals surface area contributed by atoms with Crippen LogP contribution in [0.5, 0.6) is 11.5 Å². The van der Waals surface area contributed by atoms with Crippen LogP contribution in [-0.2, 0) is 4.79 Å². The van der Waals surface area contributed by atoms with E-state index in [1.807, 2.05) is 18.2 Å². The minimum absolute atomic E-state index is 0.340. The van der Waals surface area contributed by atoms with E-state index in [-0.39, 0.29) is 5.91 Å². The molecule has 2 N–H and O–H groups in total. The lowest BCUT2D eigenvalue weighted by atomic mass is 10.1. The van der Waals surface area contributed by atoms with Crippen LogP contribution < -0.4 is 15.0 Å². The van der Waals surface area contributed by atoms with Crippen molar-refractivity contribution in [1.82, 2.24) is 10.5 Å². The van der Waals surface area contributed by atoms with Gasteiger partial charge in [0.15, 0.2) is 11.5 Å². The minimum atomic E-state index is -0.340. The average molecular weight is 415 g/mol. The average Bonchev–Trinajstić information content (AvgIpc) is 3.15. The van der Waals surface area contributed by atoms with Gasteiger partial charge in [0.1, 0.15) is 5.01 Å². The van der Waals surface area contributed by atoms with Crippen LogP contribution in [0.1, 0.15) is 37.7 Å². The zero-order valence-electron chi connectivity index (χ0n) is 16.7. The SMILES string of the molecule is COc1ccc(-c2nc3ccc(C)cc3s2)cc1OCCCCCCC(=O)NO. The zero-order valence-corrected chi connectivity index (χ0v) is 17.6. The fourth-order valence-corrected chi connectivity index (χ4v) is 4.12. The Kier molecular flexibility index (Phi) is 7.43. The van der Waals surface area contributed by atoms with Gasteiger partial charge in [0.05, 0.1) is 23.9 Å². The molecule has 0 aliphatic carbocycles. The molecule has 2 aromatic carbocycles. The number of nitrogens with zero attached hydrogens (tertiary/aromatic N) is 1. The summed E-state index contributed by atoms with van der Waals surface area (Å²) >= 11 is 1.67. The highest BCUT2D eigenvalue weighted by Gasteiger charge is 2.11. The molecule has 154 valence electrons. The maximum absolute atomic E-state index is 11.0.